The van der Waals surface area contributed by atoms with Crippen molar-refractivity contribution in [2.45, 2.75) is 20.0 Å². The molecule has 0 aliphatic rings. The predicted octanol–water partition coefficient (Wildman–Crippen LogP) is 2.80. The maximum Gasteiger partial charge on any atom is 0.224 e. The van der Waals surface area contributed by atoms with Crippen LogP contribution in [0.15, 0.2) is 55.0 Å². The van der Waals surface area contributed by atoms with Gasteiger partial charge in [0, 0.05) is 24.2 Å². The molecule has 0 unspecified atom stereocenters. The summed E-state index contributed by atoms with van der Waals surface area (Å²) in [6, 6.07) is 11.7. The highest BCUT2D eigenvalue weighted by Gasteiger charge is 2.04. The summed E-state index contributed by atoms with van der Waals surface area (Å²) in [5.41, 5.74) is 2.90. The number of aromatic nitrogens is 4. The minimum Gasteiger partial charge on any atom is -0.364 e. The van der Waals surface area contributed by atoms with Crippen LogP contribution < -0.4 is 10.6 Å². The van der Waals surface area contributed by atoms with Gasteiger partial charge in [-0.1, -0.05) is 12.1 Å². The molecular formula is C17H18N6. The van der Waals surface area contributed by atoms with Gasteiger partial charge in [0.25, 0.3) is 0 Å². The van der Waals surface area contributed by atoms with Gasteiger partial charge in [0.05, 0.1) is 24.5 Å². The monoisotopic (exact) mass is 306 g/mol. The Morgan fingerprint density at radius 3 is 2.09 bits per heavy atom. The number of nitrogens with one attached hydrogen (secondary N) is 2. The summed E-state index contributed by atoms with van der Waals surface area (Å²) < 4.78 is 0. The highest BCUT2D eigenvalue weighted by Crippen LogP contribution is 2.14. The molecule has 6 nitrogen and oxygen atoms in total. The van der Waals surface area contributed by atoms with Crippen molar-refractivity contribution in [2.24, 2.45) is 0 Å². The fourth-order valence-corrected chi connectivity index (χ4v) is 2.06. The van der Waals surface area contributed by atoms with Crippen molar-refractivity contribution in [3.63, 3.8) is 0 Å². The average molecular weight is 306 g/mol. The first-order chi connectivity index (χ1) is 11.3. The lowest BCUT2D eigenvalue weighted by Crippen LogP contribution is -2.09. The van der Waals surface area contributed by atoms with Gasteiger partial charge in [-0.05, 0) is 31.2 Å². The van der Waals surface area contributed by atoms with Crippen LogP contribution >= 0.6 is 0 Å². The molecule has 0 aliphatic carbocycles. The third-order valence-electron chi connectivity index (χ3n) is 3.29. The molecule has 116 valence electrons. The van der Waals surface area contributed by atoms with Crippen LogP contribution in [-0.4, -0.2) is 19.9 Å². The van der Waals surface area contributed by atoms with Crippen LogP contribution in [-0.2, 0) is 13.1 Å². The third kappa shape index (κ3) is 4.23. The lowest BCUT2D eigenvalue weighted by molar-refractivity contribution is 0.978. The number of hydrogen-bond donors (Lipinski definition) is 2. The van der Waals surface area contributed by atoms with Crippen LogP contribution in [0.2, 0.25) is 0 Å². The number of rotatable bonds is 6. The van der Waals surface area contributed by atoms with E-state index in [1.54, 1.807) is 18.6 Å². The van der Waals surface area contributed by atoms with E-state index < -0.39 is 0 Å². The summed E-state index contributed by atoms with van der Waals surface area (Å²) >= 11 is 0. The van der Waals surface area contributed by atoms with E-state index in [1.807, 2.05) is 43.3 Å². The Hall–Kier alpha value is -3.02. The van der Waals surface area contributed by atoms with E-state index in [1.165, 1.54) is 0 Å². The number of pyridine rings is 2. The second-order valence-electron chi connectivity index (χ2n) is 5.07. The van der Waals surface area contributed by atoms with E-state index in [0.29, 0.717) is 19.0 Å². The molecule has 6 heteroatoms. The largest absolute Gasteiger partial charge is 0.364 e. The Balaban J connectivity index is 1.64. The Kier molecular flexibility index (Phi) is 4.73. The second kappa shape index (κ2) is 7.31. The lowest BCUT2D eigenvalue weighted by atomic mass is 10.3. The molecule has 2 N–H and O–H groups in total. The van der Waals surface area contributed by atoms with Crippen molar-refractivity contribution in [1.82, 2.24) is 19.9 Å². The SMILES string of the molecule is Cc1cnc(NCc2ccccn2)nc1NCc1ccccn1. The van der Waals surface area contributed by atoms with Crippen molar-refractivity contribution < 1.29 is 0 Å². The fourth-order valence-electron chi connectivity index (χ4n) is 2.06. The van der Waals surface area contributed by atoms with Crippen molar-refractivity contribution in [1.29, 1.82) is 0 Å². The molecule has 0 atom stereocenters. The van der Waals surface area contributed by atoms with Gasteiger partial charge in [-0.2, -0.15) is 4.98 Å². The van der Waals surface area contributed by atoms with E-state index in [9.17, 15) is 0 Å². The standard InChI is InChI=1S/C17H18N6/c1-13-10-21-17(22-12-15-7-3-5-9-19-15)23-16(13)20-11-14-6-2-4-8-18-14/h2-10H,11-12H2,1H3,(H2,20,21,22,23). The van der Waals surface area contributed by atoms with E-state index in [0.717, 1.165) is 22.8 Å². The predicted molar refractivity (Wildman–Crippen MR) is 89.9 cm³/mol. The van der Waals surface area contributed by atoms with Gasteiger partial charge in [0.15, 0.2) is 0 Å². The van der Waals surface area contributed by atoms with Crippen LogP contribution in [0.25, 0.3) is 0 Å². The van der Waals surface area contributed by atoms with Gasteiger partial charge in [-0.3, -0.25) is 9.97 Å². The Labute approximate surface area is 135 Å². The first-order valence-electron chi connectivity index (χ1n) is 7.42. The van der Waals surface area contributed by atoms with Crippen LogP contribution in [0.3, 0.4) is 0 Å². The molecule has 0 aliphatic heterocycles. The quantitative estimate of drug-likeness (QED) is 0.729. The molecule has 0 saturated heterocycles. The summed E-state index contributed by atoms with van der Waals surface area (Å²) in [7, 11) is 0. The van der Waals surface area contributed by atoms with Crippen LogP contribution in [0.5, 0.6) is 0 Å². The zero-order valence-electron chi connectivity index (χ0n) is 12.9. The fraction of sp³-hybridized carbons (Fsp3) is 0.176. The maximum atomic E-state index is 4.51. The molecule has 3 aromatic heterocycles. The molecular weight excluding hydrogens is 288 g/mol. The topological polar surface area (TPSA) is 75.6 Å². The molecule has 0 aromatic carbocycles. The summed E-state index contributed by atoms with van der Waals surface area (Å²) in [6.07, 6.45) is 5.35. The molecule has 3 heterocycles. The zero-order chi connectivity index (χ0) is 15.9. The van der Waals surface area contributed by atoms with E-state index in [2.05, 4.69) is 30.6 Å². The van der Waals surface area contributed by atoms with E-state index >= 15 is 0 Å². The molecule has 0 fully saturated rings. The first-order valence-corrected chi connectivity index (χ1v) is 7.42. The second-order valence-corrected chi connectivity index (χ2v) is 5.07. The van der Waals surface area contributed by atoms with Gasteiger partial charge in [0.2, 0.25) is 5.95 Å². The minimum absolute atomic E-state index is 0.574. The van der Waals surface area contributed by atoms with Gasteiger partial charge < -0.3 is 10.6 Å². The number of anilines is 2. The number of aryl methyl sites for hydroxylation is 1. The molecule has 0 amide bonds. The minimum atomic E-state index is 0.574. The summed E-state index contributed by atoms with van der Waals surface area (Å²) in [6.45, 7) is 3.19. The molecule has 23 heavy (non-hydrogen) atoms. The Morgan fingerprint density at radius 2 is 1.48 bits per heavy atom. The highest BCUT2D eigenvalue weighted by molar-refractivity contribution is 5.46. The average Bonchev–Trinajstić information content (AvgIpc) is 2.62. The molecule has 0 saturated carbocycles. The van der Waals surface area contributed by atoms with Gasteiger partial charge >= 0.3 is 0 Å². The summed E-state index contributed by atoms with van der Waals surface area (Å²) in [5, 5.41) is 6.48. The van der Waals surface area contributed by atoms with Crippen molar-refractivity contribution in [3.8, 4) is 0 Å². The number of hydrogen-bond acceptors (Lipinski definition) is 6. The van der Waals surface area contributed by atoms with E-state index in [-0.39, 0.29) is 0 Å². The first kappa shape index (κ1) is 14.9. The highest BCUT2D eigenvalue weighted by atomic mass is 15.1. The Bertz CT molecular complexity index is 746. The Morgan fingerprint density at radius 1 is 0.826 bits per heavy atom. The molecule has 0 radical (unpaired) electrons. The van der Waals surface area contributed by atoms with Gasteiger partial charge in [0.1, 0.15) is 5.82 Å². The van der Waals surface area contributed by atoms with Gasteiger partial charge in [-0.15, -0.1) is 0 Å². The molecule has 3 rings (SSSR count). The van der Waals surface area contributed by atoms with Gasteiger partial charge in [-0.25, -0.2) is 4.98 Å². The maximum absolute atomic E-state index is 4.51. The summed E-state index contributed by atoms with van der Waals surface area (Å²) in [5.74, 6) is 1.37. The number of nitrogens with zero attached hydrogens (tertiary/aromatic N) is 4. The summed E-state index contributed by atoms with van der Waals surface area (Å²) in [4.78, 5) is 17.4. The van der Waals surface area contributed by atoms with Crippen molar-refractivity contribution >= 4 is 11.8 Å². The zero-order valence-corrected chi connectivity index (χ0v) is 12.9. The van der Waals surface area contributed by atoms with E-state index in [4.69, 9.17) is 0 Å². The van der Waals surface area contributed by atoms with Crippen molar-refractivity contribution in [3.05, 3.63) is 71.9 Å². The molecule has 0 bridgehead atoms. The van der Waals surface area contributed by atoms with Crippen molar-refractivity contribution in [2.75, 3.05) is 10.6 Å². The van der Waals surface area contributed by atoms with Crippen LogP contribution in [0.1, 0.15) is 17.0 Å². The van der Waals surface area contributed by atoms with Crippen LogP contribution in [0, 0.1) is 6.92 Å². The lowest BCUT2D eigenvalue weighted by Gasteiger charge is -2.10. The molecule has 3 aromatic rings. The smallest absolute Gasteiger partial charge is 0.224 e. The molecule has 0 spiro atoms. The normalized spacial score (nSPS) is 10.3. The van der Waals surface area contributed by atoms with Crippen LogP contribution in [0.4, 0.5) is 11.8 Å². The third-order valence-corrected chi connectivity index (χ3v) is 3.29.